The molecule has 1 aromatic heterocycles. The number of nitrogens with two attached hydrogens (primary N) is 1. The van der Waals surface area contributed by atoms with Gasteiger partial charge in [0.05, 0.1) is 17.3 Å². The van der Waals surface area contributed by atoms with Crippen LogP contribution in [0.5, 0.6) is 0 Å². The minimum atomic E-state index is 0.0120. The minimum absolute atomic E-state index is 0.0120. The summed E-state index contributed by atoms with van der Waals surface area (Å²) >= 11 is 0. The number of aromatic nitrogens is 1. The molecule has 0 radical (unpaired) electrons. The number of para-hydroxylation sites is 1. The lowest BCUT2D eigenvalue weighted by Crippen LogP contribution is -2.36. The predicted octanol–water partition coefficient (Wildman–Crippen LogP) is 2.00. The average molecular weight is 273 g/mol. The molecule has 1 aromatic carbocycles. The molecule has 1 saturated heterocycles. The second-order valence-corrected chi connectivity index (χ2v) is 5.28. The molecule has 0 spiro atoms. The fourth-order valence-electron chi connectivity index (χ4n) is 2.64. The molecule has 20 heavy (non-hydrogen) atoms. The van der Waals surface area contributed by atoms with Crippen molar-refractivity contribution in [1.82, 2.24) is 9.88 Å². The zero-order chi connectivity index (χ0) is 14.1. The molecule has 1 aliphatic heterocycles. The fourth-order valence-corrected chi connectivity index (χ4v) is 2.64. The Kier molecular flexibility index (Phi) is 3.36. The Morgan fingerprint density at radius 3 is 3.15 bits per heavy atom. The van der Waals surface area contributed by atoms with Gasteiger partial charge >= 0.3 is 0 Å². The number of rotatable bonds is 1. The number of nitrogens with zero attached hydrogens (tertiary/aromatic N) is 1. The summed E-state index contributed by atoms with van der Waals surface area (Å²) in [4.78, 5) is 17.6. The van der Waals surface area contributed by atoms with Gasteiger partial charge in [0.1, 0.15) is 5.69 Å². The highest BCUT2D eigenvalue weighted by Crippen LogP contribution is 2.22. The van der Waals surface area contributed by atoms with Crippen LogP contribution in [0, 0.1) is 0 Å². The number of benzene rings is 1. The molecule has 0 saturated carbocycles. The molecule has 5 nitrogen and oxygen atoms in total. The minimum Gasteiger partial charge on any atom is -0.397 e. The third-order valence-corrected chi connectivity index (χ3v) is 3.66. The quantitative estimate of drug-likeness (QED) is 0.781. The third kappa shape index (κ3) is 2.36. The molecule has 1 atom stereocenters. The molecule has 2 aromatic rings. The maximum absolute atomic E-state index is 12.6. The summed E-state index contributed by atoms with van der Waals surface area (Å²) in [7, 11) is 0. The molecule has 2 heterocycles. The second-order valence-electron chi connectivity index (χ2n) is 5.28. The normalized spacial score (nSPS) is 20.1. The van der Waals surface area contributed by atoms with Gasteiger partial charge in [-0.15, -0.1) is 0 Å². The van der Waals surface area contributed by atoms with Gasteiger partial charge in [0, 0.05) is 25.1 Å². The highest BCUT2D eigenvalue weighted by Gasteiger charge is 2.22. The second kappa shape index (κ2) is 5.17. The monoisotopic (exact) mass is 273 g/mol. The first-order valence-electron chi connectivity index (χ1n) is 6.93. The number of hydrogen-bond donors (Lipinski definition) is 2. The largest absolute Gasteiger partial charge is 0.397 e. The van der Waals surface area contributed by atoms with E-state index in [1.54, 1.807) is 0 Å². The van der Waals surface area contributed by atoms with E-state index >= 15 is 0 Å². The molecule has 1 amide bonds. The van der Waals surface area contributed by atoms with E-state index < -0.39 is 0 Å². The van der Waals surface area contributed by atoms with Gasteiger partial charge in [0.25, 0.3) is 5.91 Å². The number of anilines is 1. The van der Waals surface area contributed by atoms with Crippen molar-refractivity contribution in [2.45, 2.75) is 19.4 Å². The van der Waals surface area contributed by atoms with E-state index in [-0.39, 0.29) is 12.0 Å². The number of fused-ring (bicyclic) bond motifs is 1. The van der Waals surface area contributed by atoms with Crippen molar-refractivity contribution in [2.24, 2.45) is 0 Å². The molecular formula is C15H19N3O2. The highest BCUT2D eigenvalue weighted by molar-refractivity contribution is 6.00. The summed E-state index contributed by atoms with van der Waals surface area (Å²) in [5, 5.41) is 0.965. The van der Waals surface area contributed by atoms with Gasteiger partial charge in [0.15, 0.2) is 0 Å². The lowest BCUT2D eigenvalue weighted by Gasteiger charge is -2.21. The van der Waals surface area contributed by atoms with Crippen LogP contribution in [-0.2, 0) is 4.74 Å². The maximum atomic E-state index is 12.6. The summed E-state index contributed by atoms with van der Waals surface area (Å²) in [6.45, 7) is 4.07. The number of hydrogen-bond acceptors (Lipinski definition) is 3. The van der Waals surface area contributed by atoms with Crippen LogP contribution in [0.25, 0.3) is 10.9 Å². The van der Waals surface area contributed by atoms with Crippen LogP contribution in [0.2, 0.25) is 0 Å². The van der Waals surface area contributed by atoms with E-state index in [9.17, 15) is 4.79 Å². The summed E-state index contributed by atoms with van der Waals surface area (Å²) in [6, 6.07) is 7.54. The summed E-state index contributed by atoms with van der Waals surface area (Å²) in [5.41, 5.74) is 8.00. The van der Waals surface area contributed by atoms with E-state index in [4.69, 9.17) is 10.5 Å². The number of carbonyl (C=O) groups excluding carboxylic acids is 1. The maximum Gasteiger partial charge on any atom is 0.270 e. The average Bonchev–Trinajstić information content (AvgIpc) is 2.75. The van der Waals surface area contributed by atoms with Crippen LogP contribution < -0.4 is 5.73 Å². The first-order chi connectivity index (χ1) is 9.65. The Labute approximate surface area is 117 Å². The smallest absolute Gasteiger partial charge is 0.270 e. The number of amides is 1. The number of carbonyl (C=O) groups is 1. The van der Waals surface area contributed by atoms with Gasteiger partial charge in [-0.1, -0.05) is 12.1 Å². The molecule has 3 rings (SSSR count). The molecule has 106 valence electrons. The van der Waals surface area contributed by atoms with Crippen LogP contribution in [0.4, 0.5) is 5.69 Å². The lowest BCUT2D eigenvalue weighted by atomic mass is 10.2. The molecule has 1 aliphatic rings. The Morgan fingerprint density at radius 1 is 1.50 bits per heavy atom. The Balaban J connectivity index is 1.89. The van der Waals surface area contributed by atoms with Gasteiger partial charge in [0.2, 0.25) is 0 Å². The zero-order valence-electron chi connectivity index (χ0n) is 11.6. The topological polar surface area (TPSA) is 71.3 Å². The van der Waals surface area contributed by atoms with Crippen LogP contribution in [0.15, 0.2) is 24.3 Å². The summed E-state index contributed by atoms with van der Waals surface area (Å²) < 4.78 is 5.57. The van der Waals surface area contributed by atoms with Crippen LogP contribution >= 0.6 is 0 Å². The van der Waals surface area contributed by atoms with Crippen molar-refractivity contribution in [2.75, 3.05) is 25.4 Å². The fraction of sp³-hybridized carbons (Fsp3) is 0.400. The number of nitrogen functional groups attached to an aromatic ring is 1. The van der Waals surface area contributed by atoms with Crippen molar-refractivity contribution < 1.29 is 9.53 Å². The van der Waals surface area contributed by atoms with Crippen LogP contribution in [0.1, 0.15) is 23.8 Å². The van der Waals surface area contributed by atoms with Gasteiger partial charge in [-0.05, 0) is 25.5 Å². The Hall–Kier alpha value is -2.01. The number of nitrogens with one attached hydrogen (secondary N) is 1. The third-order valence-electron chi connectivity index (χ3n) is 3.66. The van der Waals surface area contributed by atoms with Gasteiger partial charge < -0.3 is 20.4 Å². The lowest BCUT2D eigenvalue weighted by molar-refractivity contribution is 0.0560. The number of ether oxygens (including phenoxy) is 1. The van der Waals surface area contributed by atoms with Crippen molar-refractivity contribution in [3.8, 4) is 0 Å². The summed E-state index contributed by atoms with van der Waals surface area (Å²) in [6.07, 6.45) is 0.953. The van der Waals surface area contributed by atoms with Crippen molar-refractivity contribution >= 4 is 22.5 Å². The molecule has 1 unspecified atom stereocenters. The zero-order valence-corrected chi connectivity index (χ0v) is 11.6. The van der Waals surface area contributed by atoms with Gasteiger partial charge in [-0.3, -0.25) is 4.79 Å². The van der Waals surface area contributed by atoms with Crippen LogP contribution in [-0.4, -0.2) is 41.6 Å². The molecule has 1 fully saturated rings. The molecule has 5 heteroatoms. The first-order valence-corrected chi connectivity index (χ1v) is 6.93. The van der Waals surface area contributed by atoms with E-state index in [0.717, 1.165) is 23.9 Å². The number of H-pyrrole nitrogens is 1. The van der Waals surface area contributed by atoms with Crippen molar-refractivity contribution in [3.63, 3.8) is 0 Å². The molecule has 0 aliphatic carbocycles. The SMILES string of the molecule is CC1CN(C(=O)c2cc3cccc(N)c3[nH]2)CCCO1. The van der Waals surface area contributed by atoms with Crippen LogP contribution in [0.3, 0.4) is 0 Å². The predicted molar refractivity (Wildman–Crippen MR) is 78.6 cm³/mol. The molecule has 0 bridgehead atoms. The van der Waals surface area contributed by atoms with Crippen molar-refractivity contribution in [1.29, 1.82) is 0 Å². The van der Waals surface area contributed by atoms with Gasteiger partial charge in [-0.2, -0.15) is 0 Å². The Morgan fingerprint density at radius 2 is 2.35 bits per heavy atom. The highest BCUT2D eigenvalue weighted by atomic mass is 16.5. The van der Waals surface area contributed by atoms with Gasteiger partial charge in [-0.25, -0.2) is 0 Å². The Bertz CT molecular complexity index is 635. The van der Waals surface area contributed by atoms with E-state index in [0.29, 0.717) is 24.5 Å². The first kappa shape index (κ1) is 13.0. The molecule has 3 N–H and O–H groups in total. The van der Waals surface area contributed by atoms with E-state index in [1.807, 2.05) is 36.1 Å². The number of aromatic amines is 1. The molecular weight excluding hydrogens is 254 g/mol. The van der Waals surface area contributed by atoms with Crippen molar-refractivity contribution in [3.05, 3.63) is 30.0 Å². The standard InChI is InChI=1S/C15H19N3O2/c1-10-9-18(6-3-7-20-10)15(19)13-8-11-4-2-5-12(16)14(11)17-13/h2,4-5,8,10,17H,3,6-7,9,16H2,1H3. The summed E-state index contributed by atoms with van der Waals surface area (Å²) in [5.74, 6) is 0.0120. The van der Waals surface area contributed by atoms with E-state index in [1.165, 1.54) is 0 Å². The van der Waals surface area contributed by atoms with E-state index in [2.05, 4.69) is 4.98 Å².